The SMILES string of the molecule is c1ccc(-n2c3ccccc3c3oc4cccc(-c5ccc6c(c5)sc5ccccc56)c4c32)cc1.c1ccc(-n2c3ccccc3c3oc4cccc(-c5ccc6sc7ccccc7c6c5)c4c32)cc1.c1ccc(-n2c3ccccc3c3oc4cccc(-c5cccc6c5sc5ccccc56)c4c32)cc1.c1ccc(-n2c3ccccc3c3oc4cccc(-c5cccc6sc7ccccc7c56)c4c32)cc1. The largest absolute Gasteiger partial charge is 0.454 e. The van der Waals surface area contributed by atoms with Gasteiger partial charge in [0.1, 0.15) is 44.4 Å². The minimum atomic E-state index is 0.915. The molecule has 8 nitrogen and oxygen atoms in total. The maximum Gasteiger partial charge on any atom is 0.161 e. The molecular formula is C128H76N4O4S4. The van der Waals surface area contributed by atoms with E-state index in [4.69, 9.17) is 17.7 Å². The van der Waals surface area contributed by atoms with Crippen molar-refractivity contribution in [1.29, 1.82) is 0 Å². The molecule has 0 bridgehead atoms. The van der Waals surface area contributed by atoms with Crippen molar-refractivity contribution in [2.75, 3.05) is 0 Å². The highest BCUT2D eigenvalue weighted by Gasteiger charge is 2.29. The number of hydrogen-bond acceptors (Lipinski definition) is 8. The number of para-hydroxylation sites is 8. The van der Waals surface area contributed by atoms with E-state index in [-0.39, 0.29) is 0 Å². The van der Waals surface area contributed by atoms with E-state index in [2.05, 4.69) is 479 Å². The zero-order chi connectivity index (χ0) is 91.7. The fourth-order valence-corrected chi connectivity index (χ4v) is 26.7. The van der Waals surface area contributed by atoms with E-state index >= 15 is 0 Å². The van der Waals surface area contributed by atoms with Gasteiger partial charge < -0.3 is 35.9 Å². The summed E-state index contributed by atoms with van der Waals surface area (Å²) < 4.78 is 46.2. The highest BCUT2D eigenvalue weighted by molar-refractivity contribution is 7.27. The molecule has 0 N–H and O–H groups in total. The van der Waals surface area contributed by atoms with Gasteiger partial charge in [-0.1, -0.05) is 291 Å². The molecule has 0 atom stereocenters. The summed E-state index contributed by atoms with van der Waals surface area (Å²) in [6.45, 7) is 0. The normalized spacial score (nSPS) is 12.0. The van der Waals surface area contributed by atoms with Gasteiger partial charge in [-0.3, -0.25) is 0 Å². The van der Waals surface area contributed by atoms with Crippen LogP contribution in [0.15, 0.2) is 479 Å². The number of benzene rings is 20. The smallest absolute Gasteiger partial charge is 0.161 e. The first-order valence-corrected chi connectivity index (χ1v) is 50.4. The number of nitrogens with zero attached hydrogens (tertiary/aromatic N) is 4. The van der Waals surface area contributed by atoms with Crippen LogP contribution in [0.1, 0.15) is 0 Å². The number of rotatable bonds is 8. The molecule has 140 heavy (non-hydrogen) atoms. The Hall–Kier alpha value is -17.4. The predicted molar refractivity (Wildman–Crippen MR) is 596 cm³/mol. The van der Waals surface area contributed by atoms with Gasteiger partial charge in [-0.2, -0.15) is 0 Å². The van der Waals surface area contributed by atoms with Gasteiger partial charge in [0, 0.05) is 131 Å². The van der Waals surface area contributed by atoms with Gasteiger partial charge >= 0.3 is 0 Å². The molecule has 12 heteroatoms. The molecule has 20 aromatic carbocycles. The first-order valence-electron chi connectivity index (χ1n) is 47.2. The molecule has 0 saturated carbocycles. The van der Waals surface area contributed by atoms with E-state index in [9.17, 15) is 0 Å². The third-order valence-corrected chi connectivity index (χ3v) is 32.7. The molecule has 32 rings (SSSR count). The summed E-state index contributed by atoms with van der Waals surface area (Å²) in [6.07, 6.45) is 0. The topological polar surface area (TPSA) is 72.3 Å². The summed E-state index contributed by atoms with van der Waals surface area (Å²) in [5, 5.41) is 19.7. The number of thiophene rings is 4. The van der Waals surface area contributed by atoms with E-state index in [0.717, 1.165) is 155 Å². The first kappa shape index (κ1) is 80.0. The highest BCUT2D eigenvalue weighted by atomic mass is 32.1. The molecule has 0 spiro atoms. The van der Waals surface area contributed by atoms with Gasteiger partial charge in [0.2, 0.25) is 0 Å². The van der Waals surface area contributed by atoms with Gasteiger partial charge in [-0.15, -0.1) is 45.3 Å². The molecule has 12 aromatic heterocycles. The van der Waals surface area contributed by atoms with Crippen LogP contribution < -0.4 is 0 Å². The van der Waals surface area contributed by atoms with Crippen molar-refractivity contribution in [3.05, 3.63) is 461 Å². The summed E-state index contributed by atoms with van der Waals surface area (Å²) in [5.41, 5.74) is 30.8. The van der Waals surface area contributed by atoms with Gasteiger partial charge in [0.15, 0.2) is 22.3 Å². The lowest BCUT2D eigenvalue weighted by Gasteiger charge is -2.10. The molecule has 0 aliphatic heterocycles. The van der Waals surface area contributed by atoms with Gasteiger partial charge in [-0.05, 0) is 209 Å². The summed E-state index contributed by atoms with van der Waals surface area (Å²) in [6, 6.07) is 164. The lowest BCUT2D eigenvalue weighted by molar-refractivity contribution is 0.672. The summed E-state index contributed by atoms with van der Waals surface area (Å²) in [5.74, 6) is 0. The predicted octanol–water partition coefficient (Wildman–Crippen LogP) is 38.3. The lowest BCUT2D eigenvalue weighted by Crippen LogP contribution is -1.93. The van der Waals surface area contributed by atoms with E-state index in [1.165, 1.54) is 125 Å². The van der Waals surface area contributed by atoms with E-state index in [1.54, 1.807) is 0 Å². The lowest BCUT2D eigenvalue weighted by atomic mass is 9.96. The van der Waals surface area contributed by atoms with Crippen LogP contribution >= 0.6 is 45.3 Å². The summed E-state index contributed by atoms with van der Waals surface area (Å²) >= 11 is 7.43. The average molecular weight is 1860 g/mol. The minimum absolute atomic E-state index is 0.915. The Morgan fingerprint density at radius 2 is 0.429 bits per heavy atom. The third-order valence-electron chi connectivity index (χ3n) is 28.0. The Kier molecular flexibility index (Phi) is 18.4. The van der Waals surface area contributed by atoms with Crippen molar-refractivity contribution >= 4 is 258 Å². The summed E-state index contributed by atoms with van der Waals surface area (Å²) in [7, 11) is 0. The summed E-state index contributed by atoms with van der Waals surface area (Å²) in [4.78, 5) is 0. The van der Waals surface area contributed by atoms with Crippen LogP contribution in [0.25, 0.3) is 280 Å². The molecule has 12 heterocycles. The number of aromatic nitrogens is 4. The fourth-order valence-electron chi connectivity index (χ4n) is 22.1. The fraction of sp³-hybridized carbons (Fsp3) is 0. The number of furan rings is 4. The second-order valence-corrected chi connectivity index (χ2v) is 40.1. The molecule has 0 aliphatic carbocycles. The Morgan fingerprint density at radius 1 is 0.157 bits per heavy atom. The molecule has 656 valence electrons. The average Bonchev–Trinajstić information content (AvgIpc) is 1.55. The standard InChI is InChI=1S/4C32H19NOS/c1-2-10-20(11-3-1)33-26-17-6-4-13-25(26)31-30(33)29-22(14-9-18-27(29)34-31)24-16-8-15-23-21-12-5-7-19-28(21)35-32(23)24;1-2-10-20(11-3-1)33-25-16-6-4-12-23(25)32-31(33)30-22(14-8-17-26(30)34-32)21-15-9-19-28-29(21)24-13-5-7-18-27(24)35-28;1-2-9-21(10-3-1)33-26-14-6-4-12-25(26)32-31(33)30-22(13-8-15-27(30)34-32)20-17-18-24-23-11-5-7-16-28(23)35-29(24)19-20;1-2-9-21(10-3-1)33-26-14-6-4-12-24(26)32-31(33)30-22(13-8-15-27(30)34-32)20-17-18-29-25(19-20)23-11-5-7-16-28(23)35-29/h4*1-19H. The second-order valence-electron chi connectivity index (χ2n) is 35.8. The monoisotopic (exact) mass is 1860 g/mol. The van der Waals surface area contributed by atoms with Crippen LogP contribution in [-0.2, 0) is 0 Å². The number of hydrogen-bond donors (Lipinski definition) is 0. The molecule has 0 unspecified atom stereocenters. The maximum atomic E-state index is 6.59. The minimum Gasteiger partial charge on any atom is -0.454 e. The van der Waals surface area contributed by atoms with Crippen molar-refractivity contribution in [2.45, 2.75) is 0 Å². The van der Waals surface area contributed by atoms with E-state index in [0.29, 0.717) is 0 Å². The van der Waals surface area contributed by atoms with Gasteiger partial charge in [0.25, 0.3) is 0 Å². The molecule has 0 radical (unpaired) electrons. The molecule has 0 fully saturated rings. The molecule has 0 amide bonds. The highest BCUT2D eigenvalue weighted by Crippen LogP contribution is 2.53. The third kappa shape index (κ3) is 12.4. The second kappa shape index (κ2) is 32.2. The van der Waals surface area contributed by atoms with Crippen molar-refractivity contribution in [1.82, 2.24) is 18.3 Å². The molecule has 0 aliphatic rings. The van der Waals surface area contributed by atoms with Gasteiger partial charge in [-0.25, -0.2) is 0 Å². The van der Waals surface area contributed by atoms with Crippen molar-refractivity contribution in [3.63, 3.8) is 0 Å². The molecule has 0 saturated heterocycles. The zero-order valence-electron chi connectivity index (χ0n) is 74.9. The maximum absolute atomic E-state index is 6.59. The van der Waals surface area contributed by atoms with Crippen LogP contribution in [0.5, 0.6) is 0 Å². The Labute approximate surface area is 815 Å². The van der Waals surface area contributed by atoms with Crippen LogP contribution in [0, 0.1) is 0 Å². The number of fused-ring (bicyclic) bond motifs is 32. The molecule has 32 aromatic rings. The van der Waals surface area contributed by atoms with E-state index < -0.39 is 0 Å². The van der Waals surface area contributed by atoms with Crippen LogP contribution in [0.3, 0.4) is 0 Å². The van der Waals surface area contributed by atoms with Crippen molar-refractivity contribution in [3.8, 4) is 67.3 Å². The Balaban J connectivity index is 0.0000000896. The van der Waals surface area contributed by atoms with Crippen LogP contribution in [0.4, 0.5) is 0 Å². The van der Waals surface area contributed by atoms with Gasteiger partial charge in [0.05, 0.1) is 43.6 Å². The first-order chi connectivity index (χ1) is 69.5. The van der Waals surface area contributed by atoms with Crippen molar-refractivity contribution < 1.29 is 17.7 Å². The van der Waals surface area contributed by atoms with Crippen molar-refractivity contribution in [2.24, 2.45) is 0 Å². The zero-order valence-corrected chi connectivity index (χ0v) is 78.2. The van der Waals surface area contributed by atoms with E-state index in [1.807, 2.05) is 45.3 Å². The Morgan fingerprint density at radius 3 is 0.871 bits per heavy atom. The van der Waals surface area contributed by atoms with Crippen LogP contribution in [-0.4, -0.2) is 18.3 Å². The quantitative estimate of drug-likeness (QED) is 0.152. The Bertz CT molecular complexity index is 10600. The molecular weight excluding hydrogens is 1790 g/mol. The van der Waals surface area contributed by atoms with Crippen LogP contribution in [0.2, 0.25) is 0 Å².